The van der Waals surface area contributed by atoms with Crippen molar-refractivity contribution in [2.75, 3.05) is 13.7 Å². The van der Waals surface area contributed by atoms with Gasteiger partial charge in [0.15, 0.2) is 17.5 Å². The number of aliphatic imine (C=N–C) groups is 1. The molecule has 0 heterocycles. The zero-order valence-corrected chi connectivity index (χ0v) is 12.6. The smallest absolute Gasteiger partial charge is 0.188 e. The van der Waals surface area contributed by atoms with Gasteiger partial charge in [-0.3, -0.25) is 0 Å². The van der Waals surface area contributed by atoms with Crippen LogP contribution in [0.4, 0.5) is 0 Å². The Hall–Kier alpha value is -2.69. The molecule has 0 atom stereocenters. The number of hydrogen-bond donors (Lipinski definition) is 3. The van der Waals surface area contributed by atoms with Gasteiger partial charge in [0.25, 0.3) is 0 Å². The van der Waals surface area contributed by atoms with Crippen LogP contribution in [0.25, 0.3) is 0 Å². The lowest BCUT2D eigenvalue weighted by Crippen LogP contribution is -2.33. The number of ether oxygens (including phenoxy) is 1. The van der Waals surface area contributed by atoms with Crippen molar-refractivity contribution in [3.8, 4) is 11.5 Å². The van der Waals surface area contributed by atoms with Crippen LogP contribution in [-0.2, 0) is 13.0 Å². The molecule has 0 unspecified atom stereocenters. The number of aromatic hydroxyl groups is 1. The van der Waals surface area contributed by atoms with Crippen molar-refractivity contribution in [1.82, 2.24) is 5.32 Å². The van der Waals surface area contributed by atoms with E-state index in [0.29, 0.717) is 24.8 Å². The molecule has 2 aromatic rings. The number of nitrogens with zero attached hydrogens (tertiary/aromatic N) is 1. The third kappa shape index (κ3) is 4.70. The fourth-order valence-corrected chi connectivity index (χ4v) is 2.03. The Labute approximate surface area is 130 Å². The van der Waals surface area contributed by atoms with Crippen molar-refractivity contribution in [2.45, 2.75) is 13.0 Å². The summed E-state index contributed by atoms with van der Waals surface area (Å²) >= 11 is 0. The Morgan fingerprint density at radius 2 is 1.95 bits per heavy atom. The van der Waals surface area contributed by atoms with Crippen LogP contribution >= 0.6 is 0 Å². The Morgan fingerprint density at radius 3 is 2.68 bits per heavy atom. The van der Waals surface area contributed by atoms with E-state index in [1.54, 1.807) is 6.07 Å². The third-order valence-corrected chi connectivity index (χ3v) is 3.24. The zero-order valence-electron chi connectivity index (χ0n) is 12.6. The summed E-state index contributed by atoms with van der Waals surface area (Å²) in [6, 6.07) is 15.3. The first-order valence-corrected chi connectivity index (χ1v) is 7.12. The second-order valence-corrected chi connectivity index (χ2v) is 4.87. The lowest BCUT2D eigenvalue weighted by Gasteiger charge is -2.08. The Bertz CT molecular complexity index is 627. The van der Waals surface area contributed by atoms with Crippen molar-refractivity contribution < 1.29 is 9.84 Å². The molecule has 0 saturated heterocycles. The molecule has 2 aromatic carbocycles. The predicted octanol–water partition coefficient (Wildman–Crippen LogP) is 2.05. The molecule has 0 aromatic heterocycles. The van der Waals surface area contributed by atoms with Crippen molar-refractivity contribution in [3.05, 3.63) is 59.7 Å². The van der Waals surface area contributed by atoms with Gasteiger partial charge in [-0.15, -0.1) is 0 Å². The SMILES string of the molecule is COc1cc(CCNC(N)=NCc2ccccc2)ccc1O. The number of phenols is 1. The van der Waals surface area contributed by atoms with E-state index in [9.17, 15) is 5.11 Å². The van der Waals surface area contributed by atoms with Crippen molar-refractivity contribution in [2.24, 2.45) is 10.7 Å². The van der Waals surface area contributed by atoms with E-state index in [1.807, 2.05) is 42.5 Å². The van der Waals surface area contributed by atoms with Gasteiger partial charge in [-0.25, -0.2) is 4.99 Å². The molecule has 116 valence electrons. The van der Waals surface area contributed by atoms with Crippen LogP contribution in [-0.4, -0.2) is 24.7 Å². The van der Waals surface area contributed by atoms with E-state index in [1.165, 1.54) is 7.11 Å². The number of methoxy groups -OCH3 is 1. The Balaban J connectivity index is 1.80. The number of benzene rings is 2. The van der Waals surface area contributed by atoms with Crippen LogP contribution in [0.3, 0.4) is 0 Å². The molecule has 0 bridgehead atoms. The summed E-state index contributed by atoms with van der Waals surface area (Å²) in [7, 11) is 1.53. The van der Waals surface area contributed by atoms with Crippen LogP contribution in [0.2, 0.25) is 0 Å². The van der Waals surface area contributed by atoms with Crippen LogP contribution in [0, 0.1) is 0 Å². The van der Waals surface area contributed by atoms with Gasteiger partial charge in [0.1, 0.15) is 0 Å². The molecular formula is C17H21N3O2. The van der Waals surface area contributed by atoms with Crippen LogP contribution in [0.5, 0.6) is 11.5 Å². The summed E-state index contributed by atoms with van der Waals surface area (Å²) in [5.74, 6) is 1.04. The number of rotatable bonds is 6. The normalized spacial score (nSPS) is 11.2. The Morgan fingerprint density at radius 1 is 1.18 bits per heavy atom. The summed E-state index contributed by atoms with van der Waals surface area (Å²) in [6.07, 6.45) is 0.762. The largest absolute Gasteiger partial charge is 0.504 e. The summed E-state index contributed by atoms with van der Waals surface area (Å²) < 4.78 is 5.08. The maximum absolute atomic E-state index is 9.55. The summed E-state index contributed by atoms with van der Waals surface area (Å²) in [6.45, 7) is 1.23. The second-order valence-electron chi connectivity index (χ2n) is 4.87. The van der Waals surface area contributed by atoms with Gasteiger partial charge in [-0.05, 0) is 29.7 Å². The predicted molar refractivity (Wildman–Crippen MR) is 88.1 cm³/mol. The minimum absolute atomic E-state index is 0.142. The molecule has 0 radical (unpaired) electrons. The van der Waals surface area contributed by atoms with Crippen molar-refractivity contribution in [3.63, 3.8) is 0 Å². The summed E-state index contributed by atoms with van der Waals surface area (Å²) in [5, 5.41) is 12.6. The van der Waals surface area contributed by atoms with E-state index in [0.717, 1.165) is 17.5 Å². The molecule has 0 amide bonds. The first kappa shape index (κ1) is 15.7. The van der Waals surface area contributed by atoms with Gasteiger partial charge < -0.3 is 20.9 Å². The maximum atomic E-state index is 9.55. The zero-order chi connectivity index (χ0) is 15.8. The minimum Gasteiger partial charge on any atom is -0.504 e. The van der Waals surface area contributed by atoms with E-state index in [4.69, 9.17) is 10.5 Å². The molecule has 4 N–H and O–H groups in total. The highest BCUT2D eigenvalue weighted by atomic mass is 16.5. The monoisotopic (exact) mass is 299 g/mol. The molecule has 0 aliphatic rings. The first-order chi connectivity index (χ1) is 10.7. The molecule has 22 heavy (non-hydrogen) atoms. The minimum atomic E-state index is 0.142. The van der Waals surface area contributed by atoms with Gasteiger partial charge in [-0.1, -0.05) is 36.4 Å². The molecule has 0 fully saturated rings. The molecule has 5 heteroatoms. The first-order valence-electron chi connectivity index (χ1n) is 7.12. The molecule has 0 aliphatic heterocycles. The van der Waals surface area contributed by atoms with Crippen molar-refractivity contribution in [1.29, 1.82) is 0 Å². The highest BCUT2D eigenvalue weighted by Crippen LogP contribution is 2.26. The summed E-state index contributed by atoms with van der Waals surface area (Å²) in [4.78, 5) is 4.29. The fraction of sp³-hybridized carbons (Fsp3) is 0.235. The summed E-state index contributed by atoms with van der Waals surface area (Å²) in [5.41, 5.74) is 8.01. The molecular weight excluding hydrogens is 278 g/mol. The quantitative estimate of drug-likeness (QED) is 0.563. The van der Waals surface area contributed by atoms with Crippen LogP contribution in [0.15, 0.2) is 53.5 Å². The van der Waals surface area contributed by atoms with Crippen molar-refractivity contribution >= 4 is 5.96 Å². The number of guanidine groups is 1. The molecule has 2 rings (SSSR count). The lowest BCUT2D eigenvalue weighted by molar-refractivity contribution is 0.373. The van der Waals surface area contributed by atoms with Gasteiger partial charge >= 0.3 is 0 Å². The maximum Gasteiger partial charge on any atom is 0.188 e. The van der Waals surface area contributed by atoms with Crippen LogP contribution in [0.1, 0.15) is 11.1 Å². The topological polar surface area (TPSA) is 79.9 Å². The van der Waals surface area contributed by atoms with E-state index < -0.39 is 0 Å². The van der Waals surface area contributed by atoms with Gasteiger partial charge in [0.05, 0.1) is 13.7 Å². The highest BCUT2D eigenvalue weighted by Gasteiger charge is 2.02. The third-order valence-electron chi connectivity index (χ3n) is 3.24. The Kier molecular flexibility index (Phi) is 5.65. The average molecular weight is 299 g/mol. The highest BCUT2D eigenvalue weighted by molar-refractivity contribution is 5.77. The van der Waals surface area contributed by atoms with E-state index >= 15 is 0 Å². The van der Waals surface area contributed by atoms with Gasteiger partial charge in [-0.2, -0.15) is 0 Å². The lowest BCUT2D eigenvalue weighted by atomic mass is 10.1. The average Bonchev–Trinajstić information content (AvgIpc) is 2.55. The number of hydrogen-bond acceptors (Lipinski definition) is 3. The number of nitrogens with one attached hydrogen (secondary N) is 1. The van der Waals surface area contributed by atoms with Gasteiger partial charge in [0, 0.05) is 6.54 Å². The number of phenolic OH excluding ortho intramolecular Hbond substituents is 1. The second kappa shape index (κ2) is 7.93. The van der Waals surface area contributed by atoms with E-state index in [2.05, 4.69) is 10.3 Å². The standard InChI is InChI=1S/C17H21N3O2/c1-22-16-11-13(7-8-15(16)21)9-10-19-17(18)20-12-14-5-3-2-4-6-14/h2-8,11,21H,9-10,12H2,1H3,(H3,18,19,20). The molecule has 0 spiro atoms. The van der Waals surface area contributed by atoms with Crippen LogP contribution < -0.4 is 15.8 Å². The number of nitrogens with two attached hydrogens (primary N) is 1. The molecule has 0 saturated carbocycles. The van der Waals surface area contributed by atoms with Gasteiger partial charge in [0.2, 0.25) is 0 Å². The fourth-order valence-electron chi connectivity index (χ4n) is 2.03. The molecule has 5 nitrogen and oxygen atoms in total. The van der Waals surface area contributed by atoms with E-state index in [-0.39, 0.29) is 5.75 Å². The molecule has 0 aliphatic carbocycles.